The number of aliphatic hydroxyl groups is 2. The van der Waals surface area contributed by atoms with Crippen molar-refractivity contribution in [3.63, 3.8) is 0 Å². The summed E-state index contributed by atoms with van der Waals surface area (Å²) in [7, 11) is 1.71. The first-order chi connectivity index (χ1) is 27.0. The Balaban J connectivity index is 1.73. The van der Waals surface area contributed by atoms with Crippen molar-refractivity contribution in [2.24, 2.45) is 28.3 Å². The Labute approximate surface area is 331 Å². The number of carbonyl (C=O) groups is 2. The number of ether oxygens (including phenoxy) is 4. The van der Waals surface area contributed by atoms with Crippen molar-refractivity contribution in [1.82, 2.24) is 10.2 Å². The maximum atomic E-state index is 14.0. The highest BCUT2D eigenvalue weighted by Crippen LogP contribution is 2.61. The van der Waals surface area contributed by atoms with Crippen LogP contribution in [0.4, 0.5) is 9.59 Å². The van der Waals surface area contributed by atoms with E-state index >= 15 is 0 Å². The molecule has 1 aliphatic heterocycles. The predicted molar refractivity (Wildman–Crippen MR) is 214 cm³/mol. The summed E-state index contributed by atoms with van der Waals surface area (Å²) >= 11 is 0. The Hall–Kier alpha value is -4.39. The van der Waals surface area contributed by atoms with Crippen molar-refractivity contribution < 1.29 is 43.6 Å². The molecule has 12 heteroatoms. The number of hydrogen-bond donors (Lipinski definition) is 3. The zero-order valence-electron chi connectivity index (χ0n) is 33.7. The van der Waals surface area contributed by atoms with E-state index in [4.69, 9.17) is 28.9 Å². The van der Waals surface area contributed by atoms with E-state index in [1.165, 1.54) is 0 Å². The van der Waals surface area contributed by atoms with Gasteiger partial charge in [0.05, 0.1) is 24.8 Å². The van der Waals surface area contributed by atoms with Gasteiger partial charge in [-0.2, -0.15) is 0 Å². The van der Waals surface area contributed by atoms with Gasteiger partial charge in [0.2, 0.25) is 5.79 Å². The van der Waals surface area contributed by atoms with Gasteiger partial charge in [0.15, 0.2) is 0 Å². The van der Waals surface area contributed by atoms with Crippen LogP contribution in [0.2, 0.25) is 0 Å². The fourth-order valence-corrected chi connectivity index (χ4v) is 8.34. The second kappa shape index (κ2) is 19.7. The summed E-state index contributed by atoms with van der Waals surface area (Å²) in [6, 6.07) is 14.5. The fourth-order valence-electron chi connectivity index (χ4n) is 8.34. The van der Waals surface area contributed by atoms with E-state index in [9.17, 15) is 19.8 Å². The summed E-state index contributed by atoms with van der Waals surface area (Å²) in [5.41, 5.74) is 3.14. The number of fused-ring (bicyclic) bond motifs is 2. The molecule has 0 saturated heterocycles. The molecule has 56 heavy (non-hydrogen) atoms. The Morgan fingerprint density at radius 3 is 2.48 bits per heavy atom. The van der Waals surface area contributed by atoms with E-state index in [0.29, 0.717) is 36.6 Å². The number of carbonyl (C=O) groups excluding carboxylic acids is 2. The molecule has 1 saturated carbocycles. The van der Waals surface area contributed by atoms with E-state index in [0.717, 1.165) is 42.4 Å². The summed E-state index contributed by atoms with van der Waals surface area (Å²) in [5, 5.41) is 27.2. The number of aliphatic hydroxyl groups excluding tert-OH is 2. The second-order valence-corrected chi connectivity index (χ2v) is 16.2. The van der Waals surface area contributed by atoms with Crippen LogP contribution in [0.3, 0.4) is 0 Å². The van der Waals surface area contributed by atoms with Crippen LogP contribution in [-0.2, 0) is 20.9 Å². The smallest absolute Gasteiger partial charge is 0.412 e. The number of oxime groups is 1. The van der Waals surface area contributed by atoms with E-state index in [1.807, 2.05) is 70.2 Å². The summed E-state index contributed by atoms with van der Waals surface area (Å²) < 4.78 is 25.7. The van der Waals surface area contributed by atoms with Gasteiger partial charge in [0.1, 0.15) is 24.1 Å². The van der Waals surface area contributed by atoms with Crippen LogP contribution < -0.4 is 14.8 Å². The fraction of sp³-hybridized carbons (Fsp3) is 0.568. The van der Waals surface area contributed by atoms with Crippen LogP contribution in [0.25, 0.3) is 0 Å². The van der Waals surface area contributed by atoms with E-state index in [1.54, 1.807) is 24.1 Å². The van der Waals surface area contributed by atoms with E-state index in [-0.39, 0.29) is 62.6 Å². The number of hydrogen-bond acceptors (Lipinski definition) is 10. The zero-order valence-corrected chi connectivity index (χ0v) is 33.7. The molecule has 2 aliphatic carbocycles. The van der Waals surface area contributed by atoms with Gasteiger partial charge in [-0.1, -0.05) is 81.3 Å². The maximum absolute atomic E-state index is 14.0. The number of nitrogens with zero attached hydrogens (tertiary/aromatic N) is 2. The summed E-state index contributed by atoms with van der Waals surface area (Å²) in [6.45, 7) is 13.0. The quantitative estimate of drug-likeness (QED) is 0.0786. The third-order valence-corrected chi connectivity index (χ3v) is 10.8. The van der Waals surface area contributed by atoms with Crippen LogP contribution in [0.1, 0.15) is 89.7 Å². The van der Waals surface area contributed by atoms with Gasteiger partial charge in [-0.25, -0.2) is 9.59 Å². The first-order valence-electron chi connectivity index (χ1n) is 20.1. The minimum Gasteiger partial charge on any atom is -0.459 e. The lowest BCUT2D eigenvalue weighted by atomic mass is 9.55. The Morgan fingerprint density at radius 1 is 1.07 bits per heavy atom. The molecule has 2 aromatic rings. The van der Waals surface area contributed by atoms with Crippen molar-refractivity contribution in [3.05, 3.63) is 84.0 Å². The summed E-state index contributed by atoms with van der Waals surface area (Å²) in [4.78, 5) is 34.3. The van der Waals surface area contributed by atoms with Gasteiger partial charge in [-0.15, -0.1) is 6.58 Å². The largest absolute Gasteiger partial charge is 0.459 e. The topological polar surface area (TPSA) is 148 Å². The zero-order chi connectivity index (χ0) is 40.3. The van der Waals surface area contributed by atoms with Crippen LogP contribution in [0, 0.1) is 23.2 Å². The molecule has 3 aliphatic rings. The number of nitrogens with one attached hydrogen (secondary N) is 1. The molecular weight excluding hydrogens is 714 g/mol. The van der Waals surface area contributed by atoms with E-state index in [2.05, 4.69) is 18.0 Å². The minimum atomic E-state index is -1.42. The van der Waals surface area contributed by atoms with Crippen LogP contribution >= 0.6 is 0 Å². The van der Waals surface area contributed by atoms with E-state index < -0.39 is 29.9 Å². The highest BCUT2D eigenvalue weighted by Gasteiger charge is 2.65. The molecule has 5 rings (SSSR count). The minimum absolute atomic E-state index is 0.0199. The molecule has 0 aromatic heterocycles. The first-order valence-corrected chi connectivity index (χ1v) is 20.1. The molecule has 0 spiro atoms. The molecule has 0 bridgehead atoms. The van der Waals surface area contributed by atoms with Crippen molar-refractivity contribution in [1.29, 1.82) is 0 Å². The van der Waals surface area contributed by atoms with Crippen molar-refractivity contribution >= 4 is 17.9 Å². The normalized spacial score (nSPS) is 24.5. The molecule has 2 aromatic carbocycles. The van der Waals surface area contributed by atoms with Gasteiger partial charge in [-0.05, 0) is 79.2 Å². The van der Waals surface area contributed by atoms with Gasteiger partial charge >= 0.3 is 12.2 Å². The molecule has 0 radical (unpaired) electrons. The molecule has 2 amide bonds. The third kappa shape index (κ3) is 10.1. The van der Waals surface area contributed by atoms with Crippen LogP contribution in [-0.4, -0.2) is 84.9 Å². The highest BCUT2D eigenvalue weighted by atomic mass is 16.7. The standard InChI is InChI=1S/C44H61N3O9/c1-7-24-53-44-38(47(6)42(51)52-29-43(3,4)5)27-36(46-54-28-30-16-10-9-11-17-30)34-25-31(18-12-14-22-48)33(19-13-15-23-49)39(40(34)44)35-26-32(20-21-37(35)56-44)55-41(50)45-8-2/h7,9-11,16-17,20-21,25-26,31,33,38-40,48-49H,1,8,12-15,18-19,22-24,27-29H2,2-6H3,(H,45,50)/t31-,33+,38-,39+,40+,44+/m0/s1. The maximum Gasteiger partial charge on any atom is 0.412 e. The van der Waals surface area contributed by atoms with Gasteiger partial charge in [0, 0.05) is 44.7 Å². The Kier molecular flexibility index (Phi) is 15.0. The van der Waals surface area contributed by atoms with Gasteiger partial charge < -0.3 is 44.2 Å². The number of likely N-dealkylation sites (N-methyl/N-ethyl adjacent to an activating group) is 1. The Bertz CT molecular complexity index is 1690. The average Bonchev–Trinajstić information content (AvgIpc) is 3.17. The predicted octanol–water partition coefficient (Wildman–Crippen LogP) is 7.74. The molecule has 306 valence electrons. The third-order valence-electron chi connectivity index (χ3n) is 10.8. The number of unbranched alkanes of at least 4 members (excludes halogenated alkanes) is 2. The number of benzene rings is 2. The lowest BCUT2D eigenvalue weighted by molar-refractivity contribution is -0.253. The number of allylic oxidation sites excluding steroid dienone is 1. The molecule has 1 heterocycles. The van der Waals surface area contributed by atoms with Gasteiger partial charge in [0.25, 0.3) is 0 Å². The van der Waals surface area contributed by atoms with Crippen LogP contribution in [0.5, 0.6) is 11.5 Å². The summed E-state index contributed by atoms with van der Waals surface area (Å²) in [6.07, 6.45) is 7.61. The summed E-state index contributed by atoms with van der Waals surface area (Å²) in [5.74, 6) is -1.18. The second-order valence-electron chi connectivity index (χ2n) is 16.2. The Morgan fingerprint density at radius 2 is 1.80 bits per heavy atom. The van der Waals surface area contributed by atoms with Crippen LogP contribution in [0.15, 0.2) is 78.0 Å². The van der Waals surface area contributed by atoms with Crippen molar-refractivity contribution in [2.45, 2.75) is 97.0 Å². The molecule has 1 fully saturated rings. The average molecular weight is 776 g/mol. The van der Waals surface area contributed by atoms with Crippen molar-refractivity contribution in [3.8, 4) is 11.5 Å². The monoisotopic (exact) mass is 775 g/mol. The molecule has 0 unspecified atom stereocenters. The van der Waals surface area contributed by atoms with Gasteiger partial charge in [-0.3, -0.25) is 0 Å². The first kappa shape index (κ1) is 42.7. The lowest BCUT2D eigenvalue weighted by Gasteiger charge is -2.59. The number of rotatable bonds is 18. The number of amides is 2. The SMILES string of the molecule is C=CCO[C@@]12Oc3ccc(OC(=O)NCC)cc3[C@H]3[C@H](CCCCO)[C@@H](CCCCO)C=C(C(=NOCc4ccccc4)C[C@@H]1N(C)C(=O)OCC(C)(C)C)[C@H]32. The molecule has 12 nitrogen and oxygen atoms in total. The molecule has 6 atom stereocenters. The molecular formula is C44H61N3O9. The lowest BCUT2D eigenvalue weighted by Crippen LogP contribution is -2.69. The highest BCUT2D eigenvalue weighted by molar-refractivity contribution is 6.03. The molecule has 3 N–H and O–H groups in total. The van der Waals surface area contributed by atoms with Crippen molar-refractivity contribution in [2.75, 3.05) is 40.0 Å².